The summed E-state index contributed by atoms with van der Waals surface area (Å²) < 4.78 is 1.67. The summed E-state index contributed by atoms with van der Waals surface area (Å²) in [6.45, 7) is 1.46. The van der Waals surface area contributed by atoms with Gasteiger partial charge in [-0.2, -0.15) is 0 Å². The lowest BCUT2D eigenvalue weighted by molar-refractivity contribution is -0.138. The van der Waals surface area contributed by atoms with Gasteiger partial charge in [-0.05, 0) is 12.8 Å². The summed E-state index contributed by atoms with van der Waals surface area (Å²) in [5.41, 5.74) is -0.182. The Labute approximate surface area is 109 Å². The Hall–Kier alpha value is -1.89. The maximum absolute atomic E-state index is 12.4. The maximum atomic E-state index is 12.4. The monoisotopic (exact) mass is 264 g/mol. The first kappa shape index (κ1) is 12.2. The molecule has 2 aliphatic rings. The minimum atomic E-state index is -0.935. The third-order valence-corrected chi connectivity index (χ3v) is 3.59. The van der Waals surface area contributed by atoms with Crippen molar-refractivity contribution < 1.29 is 9.90 Å². The summed E-state index contributed by atoms with van der Waals surface area (Å²) in [5.74, 6) is -0.682. The van der Waals surface area contributed by atoms with Crippen molar-refractivity contribution >= 4 is 11.8 Å². The van der Waals surface area contributed by atoms with E-state index in [4.69, 9.17) is 0 Å². The topological polar surface area (TPSA) is 87.5 Å². The standard InChI is InChI=1S/C12H16N4O3/c17-11-10(14-4-6-15(11)8-1-2-8)16-5-3-13-7-9(16)12(18)19/h4,6,8-9,13H,1-3,5,7H2,(H,18,19). The van der Waals surface area contributed by atoms with Crippen LogP contribution in [0.25, 0.3) is 0 Å². The van der Waals surface area contributed by atoms with E-state index in [2.05, 4.69) is 10.3 Å². The van der Waals surface area contributed by atoms with Crippen LogP contribution >= 0.6 is 0 Å². The van der Waals surface area contributed by atoms with Crippen LogP contribution in [-0.4, -0.2) is 46.3 Å². The van der Waals surface area contributed by atoms with Gasteiger partial charge < -0.3 is 19.9 Å². The van der Waals surface area contributed by atoms with Gasteiger partial charge in [-0.25, -0.2) is 9.78 Å². The van der Waals surface area contributed by atoms with Crippen molar-refractivity contribution in [3.63, 3.8) is 0 Å². The molecule has 3 rings (SSSR count). The number of nitrogens with one attached hydrogen (secondary N) is 1. The van der Waals surface area contributed by atoms with Gasteiger partial charge >= 0.3 is 5.97 Å². The molecule has 0 amide bonds. The molecule has 0 aromatic carbocycles. The summed E-state index contributed by atoms with van der Waals surface area (Å²) in [7, 11) is 0. The molecule has 7 nitrogen and oxygen atoms in total. The first-order valence-corrected chi connectivity index (χ1v) is 6.46. The SMILES string of the molecule is O=C(O)C1CNCCN1c1nccn(C2CC2)c1=O. The highest BCUT2D eigenvalue weighted by atomic mass is 16.4. The summed E-state index contributed by atoms with van der Waals surface area (Å²) in [6.07, 6.45) is 5.28. The summed E-state index contributed by atoms with van der Waals surface area (Å²) in [4.78, 5) is 29.3. The smallest absolute Gasteiger partial charge is 0.327 e. The van der Waals surface area contributed by atoms with Crippen LogP contribution in [0.5, 0.6) is 0 Å². The molecule has 2 fully saturated rings. The molecule has 1 unspecified atom stereocenters. The van der Waals surface area contributed by atoms with Crippen molar-refractivity contribution in [3.05, 3.63) is 22.7 Å². The Morgan fingerprint density at radius 2 is 2.26 bits per heavy atom. The van der Waals surface area contributed by atoms with Crippen LogP contribution in [0, 0.1) is 0 Å². The predicted molar refractivity (Wildman–Crippen MR) is 68.4 cm³/mol. The number of aromatic nitrogens is 2. The van der Waals surface area contributed by atoms with Crippen molar-refractivity contribution in [2.24, 2.45) is 0 Å². The second-order valence-electron chi connectivity index (χ2n) is 4.95. The number of aliphatic carboxylic acids is 1. The van der Waals surface area contributed by atoms with Gasteiger partial charge in [0.05, 0.1) is 0 Å². The zero-order valence-electron chi connectivity index (χ0n) is 10.5. The third-order valence-electron chi connectivity index (χ3n) is 3.59. The number of anilines is 1. The largest absolute Gasteiger partial charge is 0.480 e. The zero-order valence-corrected chi connectivity index (χ0v) is 10.5. The van der Waals surface area contributed by atoms with E-state index in [9.17, 15) is 14.7 Å². The fourth-order valence-corrected chi connectivity index (χ4v) is 2.43. The molecule has 1 saturated heterocycles. The normalized spacial score (nSPS) is 23.4. The maximum Gasteiger partial charge on any atom is 0.327 e. The molecule has 1 aliphatic heterocycles. The third kappa shape index (κ3) is 2.21. The molecule has 1 atom stereocenters. The fraction of sp³-hybridized carbons (Fsp3) is 0.583. The van der Waals surface area contributed by atoms with Gasteiger partial charge in [0, 0.05) is 38.1 Å². The van der Waals surface area contributed by atoms with Gasteiger partial charge in [-0.15, -0.1) is 0 Å². The molecule has 7 heteroatoms. The number of hydrogen-bond donors (Lipinski definition) is 2. The minimum absolute atomic E-state index is 0.182. The average Bonchev–Trinajstić information content (AvgIpc) is 3.23. The van der Waals surface area contributed by atoms with Crippen molar-refractivity contribution in [1.82, 2.24) is 14.9 Å². The van der Waals surface area contributed by atoms with Crippen LogP contribution in [0.4, 0.5) is 5.82 Å². The number of rotatable bonds is 3. The van der Waals surface area contributed by atoms with Crippen molar-refractivity contribution in [2.75, 3.05) is 24.5 Å². The van der Waals surface area contributed by atoms with E-state index in [1.54, 1.807) is 21.9 Å². The van der Waals surface area contributed by atoms with E-state index >= 15 is 0 Å². The van der Waals surface area contributed by atoms with Crippen molar-refractivity contribution in [2.45, 2.75) is 24.9 Å². The van der Waals surface area contributed by atoms with Crippen molar-refractivity contribution in [3.8, 4) is 0 Å². The van der Waals surface area contributed by atoms with Crippen LogP contribution in [0.3, 0.4) is 0 Å². The Kier molecular flexibility index (Phi) is 2.98. The first-order chi connectivity index (χ1) is 9.18. The minimum Gasteiger partial charge on any atom is -0.480 e. The van der Waals surface area contributed by atoms with Crippen molar-refractivity contribution in [1.29, 1.82) is 0 Å². The summed E-state index contributed by atoms with van der Waals surface area (Å²) in [5, 5.41) is 12.3. The lowest BCUT2D eigenvalue weighted by Gasteiger charge is -2.33. The predicted octanol–water partition coefficient (Wildman–Crippen LogP) is -0.559. The summed E-state index contributed by atoms with van der Waals surface area (Å²) >= 11 is 0. The number of carbonyl (C=O) groups is 1. The fourth-order valence-electron chi connectivity index (χ4n) is 2.43. The van der Waals surface area contributed by atoms with Crippen LogP contribution in [0.15, 0.2) is 17.2 Å². The Morgan fingerprint density at radius 1 is 1.47 bits per heavy atom. The molecule has 1 aliphatic carbocycles. The molecule has 0 bridgehead atoms. The number of nitrogens with zero attached hydrogens (tertiary/aromatic N) is 3. The number of piperazine rings is 1. The lowest BCUT2D eigenvalue weighted by Crippen LogP contribution is -2.56. The highest BCUT2D eigenvalue weighted by Crippen LogP contribution is 2.33. The van der Waals surface area contributed by atoms with Crippen LogP contribution in [0.1, 0.15) is 18.9 Å². The molecule has 0 spiro atoms. The van der Waals surface area contributed by atoms with E-state index < -0.39 is 12.0 Å². The van der Waals surface area contributed by atoms with E-state index in [0.717, 1.165) is 12.8 Å². The number of carboxylic acids is 1. The zero-order chi connectivity index (χ0) is 13.4. The Balaban J connectivity index is 1.98. The number of carboxylic acid groups (broad SMARTS) is 1. The highest BCUT2D eigenvalue weighted by molar-refractivity contribution is 5.78. The highest BCUT2D eigenvalue weighted by Gasteiger charge is 2.32. The molecule has 1 saturated carbocycles. The molecular weight excluding hydrogens is 248 g/mol. The molecule has 2 heterocycles. The van der Waals surface area contributed by atoms with E-state index in [1.807, 2.05) is 0 Å². The van der Waals surface area contributed by atoms with E-state index in [0.29, 0.717) is 19.6 Å². The molecule has 0 radical (unpaired) electrons. The van der Waals surface area contributed by atoms with Gasteiger partial charge in [0.25, 0.3) is 5.56 Å². The second kappa shape index (κ2) is 4.65. The molecule has 102 valence electrons. The van der Waals surface area contributed by atoms with Gasteiger partial charge in [0.15, 0.2) is 5.82 Å². The molecule has 19 heavy (non-hydrogen) atoms. The quantitative estimate of drug-likeness (QED) is 0.761. The average molecular weight is 264 g/mol. The Morgan fingerprint density at radius 3 is 2.95 bits per heavy atom. The van der Waals surface area contributed by atoms with Crippen LogP contribution in [-0.2, 0) is 4.79 Å². The van der Waals surface area contributed by atoms with E-state index in [-0.39, 0.29) is 17.4 Å². The van der Waals surface area contributed by atoms with Gasteiger partial charge in [0.2, 0.25) is 0 Å². The summed E-state index contributed by atoms with van der Waals surface area (Å²) in [6, 6.07) is -0.468. The Bertz CT molecular complexity index is 552. The molecule has 1 aromatic rings. The van der Waals surface area contributed by atoms with Crippen LogP contribution in [0.2, 0.25) is 0 Å². The molecule has 1 aromatic heterocycles. The second-order valence-corrected chi connectivity index (χ2v) is 4.95. The molecule has 2 N–H and O–H groups in total. The lowest BCUT2D eigenvalue weighted by atomic mass is 10.2. The van der Waals surface area contributed by atoms with Gasteiger partial charge in [-0.1, -0.05) is 0 Å². The molecular formula is C12H16N4O3. The van der Waals surface area contributed by atoms with E-state index in [1.165, 1.54) is 0 Å². The van der Waals surface area contributed by atoms with Gasteiger partial charge in [0.1, 0.15) is 6.04 Å². The first-order valence-electron chi connectivity index (χ1n) is 6.46. The van der Waals surface area contributed by atoms with Gasteiger partial charge in [-0.3, -0.25) is 4.79 Å². The van der Waals surface area contributed by atoms with Crippen LogP contribution < -0.4 is 15.8 Å². The number of hydrogen-bond acceptors (Lipinski definition) is 5.